The number of amides is 2. The first-order chi connectivity index (χ1) is 9.80. The van der Waals surface area contributed by atoms with Crippen molar-refractivity contribution in [3.8, 4) is 0 Å². The SMILES string of the molecule is CCN(CC(=O)NC(=O)Cc1ccccc1)CC(C)(C)O. The van der Waals surface area contributed by atoms with E-state index in [-0.39, 0.29) is 24.8 Å². The van der Waals surface area contributed by atoms with E-state index in [4.69, 9.17) is 0 Å². The summed E-state index contributed by atoms with van der Waals surface area (Å²) >= 11 is 0. The second-order valence-electron chi connectivity index (χ2n) is 5.75. The van der Waals surface area contributed by atoms with Gasteiger partial charge in [-0.15, -0.1) is 0 Å². The molecule has 0 saturated carbocycles. The lowest BCUT2D eigenvalue weighted by Crippen LogP contribution is -2.45. The minimum absolute atomic E-state index is 0.0982. The number of aliphatic hydroxyl groups is 1. The number of hydrogen-bond acceptors (Lipinski definition) is 4. The average molecular weight is 292 g/mol. The second-order valence-corrected chi connectivity index (χ2v) is 5.75. The van der Waals surface area contributed by atoms with Crippen molar-refractivity contribution in [3.05, 3.63) is 35.9 Å². The fourth-order valence-corrected chi connectivity index (χ4v) is 2.05. The van der Waals surface area contributed by atoms with Crippen LogP contribution in [0.25, 0.3) is 0 Å². The van der Waals surface area contributed by atoms with Crippen LogP contribution in [0.2, 0.25) is 0 Å². The number of imide groups is 1. The summed E-state index contributed by atoms with van der Waals surface area (Å²) in [5.74, 6) is -0.660. The maximum Gasteiger partial charge on any atom is 0.240 e. The van der Waals surface area contributed by atoms with Crippen LogP contribution in [0.5, 0.6) is 0 Å². The highest BCUT2D eigenvalue weighted by Gasteiger charge is 2.19. The number of nitrogens with zero attached hydrogens (tertiary/aromatic N) is 1. The molecule has 116 valence electrons. The fraction of sp³-hybridized carbons (Fsp3) is 0.500. The number of benzene rings is 1. The van der Waals surface area contributed by atoms with E-state index in [1.165, 1.54) is 0 Å². The highest BCUT2D eigenvalue weighted by Crippen LogP contribution is 2.04. The van der Waals surface area contributed by atoms with Gasteiger partial charge in [0, 0.05) is 6.54 Å². The van der Waals surface area contributed by atoms with Crippen molar-refractivity contribution < 1.29 is 14.7 Å². The van der Waals surface area contributed by atoms with Crippen molar-refractivity contribution in [2.24, 2.45) is 0 Å². The van der Waals surface area contributed by atoms with Gasteiger partial charge in [0.2, 0.25) is 11.8 Å². The zero-order chi connectivity index (χ0) is 15.9. The van der Waals surface area contributed by atoms with E-state index < -0.39 is 5.60 Å². The summed E-state index contributed by atoms with van der Waals surface area (Å²) in [4.78, 5) is 25.4. The van der Waals surface area contributed by atoms with Crippen LogP contribution in [-0.4, -0.2) is 47.1 Å². The van der Waals surface area contributed by atoms with Crippen molar-refractivity contribution in [2.75, 3.05) is 19.6 Å². The number of nitrogens with one attached hydrogen (secondary N) is 1. The maximum atomic E-state index is 11.8. The van der Waals surface area contributed by atoms with Gasteiger partial charge in [-0.25, -0.2) is 0 Å². The Bertz CT molecular complexity index is 466. The third-order valence-corrected chi connectivity index (χ3v) is 2.91. The van der Waals surface area contributed by atoms with Crippen LogP contribution in [-0.2, 0) is 16.0 Å². The molecule has 5 heteroatoms. The molecule has 0 radical (unpaired) electrons. The average Bonchev–Trinajstić information content (AvgIpc) is 2.37. The molecule has 0 unspecified atom stereocenters. The molecule has 1 rings (SSSR count). The van der Waals surface area contributed by atoms with Crippen LogP contribution in [0.3, 0.4) is 0 Å². The van der Waals surface area contributed by atoms with Crippen LogP contribution in [0.15, 0.2) is 30.3 Å². The number of likely N-dealkylation sites (N-methyl/N-ethyl adjacent to an activating group) is 1. The van der Waals surface area contributed by atoms with Gasteiger partial charge in [-0.1, -0.05) is 37.3 Å². The summed E-state index contributed by atoms with van der Waals surface area (Å²) in [5, 5.41) is 12.1. The molecule has 0 aliphatic heterocycles. The molecule has 1 aromatic carbocycles. The Hall–Kier alpha value is -1.72. The molecular formula is C16H24N2O3. The Morgan fingerprint density at radius 1 is 1.19 bits per heavy atom. The zero-order valence-corrected chi connectivity index (χ0v) is 12.9. The molecule has 0 aliphatic carbocycles. The third kappa shape index (κ3) is 7.58. The lowest BCUT2D eigenvalue weighted by molar-refractivity contribution is -0.131. The molecule has 0 aliphatic rings. The van der Waals surface area contributed by atoms with Crippen molar-refractivity contribution in [1.82, 2.24) is 10.2 Å². The number of carbonyl (C=O) groups is 2. The Balaban J connectivity index is 2.43. The van der Waals surface area contributed by atoms with E-state index in [9.17, 15) is 14.7 Å². The molecule has 0 atom stereocenters. The monoisotopic (exact) mass is 292 g/mol. The lowest BCUT2D eigenvalue weighted by Gasteiger charge is -2.27. The Morgan fingerprint density at radius 3 is 2.33 bits per heavy atom. The van der Waals surface area contributed by atoms with Crippen molar-refractivity contribution in [1.29, 1.82) is 0 Å². The van der Waals surface area contributed by atoms with E-state index >= 15 is 0 Å². The van der Waals surface area contributed by atoms with Crippen molar-refractivity contribution in [3.63, 3.8) is 0 Å². The van der Waals surface area contributed by atoms with Crippen LogP contribution in [0.1, 0.15) is 26.3 Å². The molecule has 0 spiro atoms. The Kier molecular flexibility index (Phi) is 6.52. The van der Waals surface area contributed by atoms with Gasteiger partial charge in [-0.05, 0) is 26.0 Å². The molecule has 2 N–H and O–H groups in total. The predicted octanol–water partition coefficient (Wildman–Crippen LogP) is 0.965. The largest absolute Gasteiger partial charge is 0.389 e. The molecule has 5 nitrogen and oxygen atoms in total. The van der Waals surface area contributed by atoms with E-state index in [0.29, 0.717) is 13.1 Å². The van der Waals surface area contributed by atoms with E-state index in [1.807, 2.05) is 37.3 Å². The molecule has 0 bridgehead atoms. The Morgan fingerprint density at radius 2 is 1.81 bits per heavy atom. The van der Waals surface area contributed by atoms with Crippen LogP contribution < -0.4 is 5.32 Å². The van der Waals surface area contributed by atoms with Gasteiger partial charge < -0.3 is 5.11 Å². The van der Waals surface area contributed by atoms with Crippen LogP contribution >= 0.6 is 0 Å². The van der Waals surface area contributed by atoms with Crippen molar-refractivity contribution >= 4 is 11.8 Å². The summed E-state index contributed by atoms with van der Waals surface area (Å²) in [6.45, 7) is 6.39. The van der Waals surface area contributed by atoms with Gasteiger partial charge in [0.25, 0.3) is 0 Å². The molecular weight excluding hydrogens is 268 g/mol. The normalized spacial score (nSPS) is 11.5. The van der Waals surface area contributed by atoms with Crippen molar-refractivity contribution in [2.45, 2.75) is 32.8 Å². The quantitative estimate of drug-likeness (QED) is 0.785. The molecule has 2 amide bonds. The topological polar surface area (TPSA) is 69.6 Å². The van der Waals surface area contributed by atoms with E-state index in [0.717, 1.165) is 5.56 Å². The summed E-state index contributed by atoms with van der Waals surface area (Å²) in [7, 11) is 0. The first-order valence-electron chi connectivity index (χ1n) is 7.11. The Labute approximate surface area is 126 Å². The summed E-state index contributed by atoms with van der Waals surface area (Å²) < 4.78 is 0. The first kappa shape index (κ1) is 17.3. The van der Waals surface area contributed by atoms with Gasteiger partial charge in [-0.3, -0.25) is 19.8 Å². The lowest BCUT2D eigenvalue weighted by atomic mass is 10.1. The van der Waals surface area contributed by atoms with E-state index in [1.54, 1.807) is 18.7 Å². The highest BCUT2D eigenvalue weighted by molar-refractivity contribution is 5.96. The fourth-order valence-electron chi connectivity index (χ4n) is 2.05. The molecule has 0 heterocycles. The minimum Gasteiger partial charge on any atom is -0.389 e. The molecule has 21 heavy (non-hydrogen) atoms. The van der Waals surface area contributed by atoms with Crippen LogP contribution in [0, 0.1) is 0 Å². The molecule has 0 fully saturated rings. The number of hydrogen-bond donors (Lipinski definition) is 2. The number of rotatable bonds is 7. The van der Waals surface area contributed by atoms with Gasteiger partial charge in [0.05, 0.1) is 18.6 Å². The number of carbonyl (C=O) groups excluding carboxylic acids is 2. The highest BCUT2D eigenvalue weighted by atomic mass is 16.3. The molecule has 1 aromatic rings. The predicted molar refractivity (Wildman–Crippen MR) is 81.7 cm³/mol. The van der Waals surface area contributed by atoms with E-state index in [2.05, 4.69) is 5.32 Å². The van der Waals surface area contributed by atoms with Crippen LogP contribution in [0.4, 0.5) is 0 Å². The first-order valence-corrected chi connectivity index (χ1v) is 7.11. The van der Waals surface area contributed by atoms with Gasteiger partial charge in [0.1, 0.15) is 0 Å². The zero-order valence-electron chi connectivity index (χ0n) is 12.9. The standard InChI is InChI=1S/C16H24N2O3/c1-4-18(12-16(2,3)21)11-15(20)17-14(19)10-13-8-6-5-7-9-13/h5-9,21H,4,10-12H2,1-3H3,(H,17,19,20). The molecule has 0 saturated heterocycles. The third-order valence-electron chi connectivity index (χ3n) is 2.91. The molecule has 0 aromatic heterocycles. The van der Waals surface area contributed by atoms with Gasteiger partial charge >= 0.3 is 0 Å². The maximum absolute atomic E-state index is 11.8. The second kappa shape index (κ2) is 7.90. The summed E-state index contributed by atoms with van der Waals surface area (Å²) in [5.41, 5.74) is -0.00344. The minimum atomic E-state index is -0.871. The summed E-state index contributed by atoms with van der Waals surface area (Å²) in [6.07, 6.45) is 0.185. The van der Waals surface area contributed by atoms with Gasteiger partial charge in [-0.2, -0.15) is 0 Å². The van der Waals surface area contributed by atoms with Gasteiger partial charge in [0.15, 0.2) is 0 Å². The smallest absolute Gasteiger partial charge is 0.240 e. The summed E-state index contributed by atoms with van der Waals surface area (Å²) in [6, 6.07) is 9.27.